The molecule has 0 aliphatic heterocycles. The molecule has 0 bridgehead atoms. The van der Waals surface area contributed by atoms with Crippen LogP contribution in [0.4, 0.5) is 0 Å². The van der Waals surface area contributed by atoms with E-state index in [0.717, 1.165) is 77.0 Å². The van der Waals surface area contributed by atoms with Crippen molar-refractivity contribution in [3.05, 3.63) is 48.6 Å². The Morgan fingerprint density at radius 1 is 0.290 bits per heavy atom. The molecule has 0 aromatic carbocycles. The molecule has 0 aliphatic rings. The van der Waals surface area contributed by atoms with Gasteiger partial charge in [0.15, 0.2) is 6.10 Å². The summed E-state index contributed by atoms with van der Waals surface area (Å²) >= 11 is 0. The van der Waals surface area contributed by atoms with Gasteiger partial charge in [-0.25, -0.2) is 0 Å². The molecule has 6 nitrogen and oxygen atoms in total. The zero-order valence-corrected chi connectivity index (χ0v) is 46.1. The third-order valence-corrected chi connectivity index (χ3v) is 13.3. The smallest absolute Gasteiger partial charge is 0.306 e. The van der Waals surface area contributed by atoms with Gasteiger partial charge in [0, 0.05) is 19.3 Å². The lowest BCUT2D eigenvalue weighted by molar-refractivity contribution is -0.167. The minimum absolute atomic E-state index is 0.0783. The van der Waals surface area contributed by atoms with Gasteiger partial charge < -0.3 is 14.2 Å². The highest BCUT2D eigenvalue weighted by atomic mass is 16.6. The quantitative estimate of drug-likeness (QED) is 0.0262. The molecule has 1 atom stereocenters. The van der Waals surface area contributed by atoms with Crippen molar-refractivity contribution in [2.75, 3.05) is 13.2 Å². The Balaban J connectivity index is 4.37. The van der Waals surface area contributed by atoms with E-state index < -0.39 is 6.10 Å². The first-order valence-electron chi connectivity index (χ1n) is 30.1. The molecule has 69 heavy (non-hydrogen) atoms. The van der Waals surface area contributed by atoms with Crippen molar-refractivity contribution in [3.63, 3.8) is 0 Å². The monoisotopic (exact) mass is 967 g/mol. The molecule has 0 aromatic heterocycles. The third kappa shape index (κ3) is 56.2. The van der Waals surface area contributed by atoms with E-state index in [4.69, 9.17) is 14.2 Å². The maximum atomic E-state index is 12.9. The van der Waals surface area contributed by atoms with Crippen molar-refractivity contribution in [3.8, 4) is 0 Å². The summed E-state index contributed by atoms with van der Waals surface area (Å²) in [6, 6.07) is 0. The second-order valence-corrected chi connectivity index (χ2v) is 20.2. The second-order valence-electron chi connectivity index (χ2n) is 20.2. The summed E-state index contributed by atoms with van der Waals surface area (Å²) in [7, 11) is 0. The van der Waals surface area contributed by atoms with Crippen molar-refractivity contribution in [1.82, 2.24) is 0 Å². The van der Waals surface area contributed by atoms with Crippen molar-refractivity contribution in [1.29, 1.82) is 0 Å². The van der Waals surface area contributed by atoms with E-state index in [9.17, 15) is 14.4 Å². The standard InChI is InChI=1S/C63H114O6/c1-4-7-10-13-16-19-22-25-28-30-31-33-35-38-41-44-47-50-53-56-62(65)68-59-60(58-67-61(64)55-52-49-46-43-40-37-34-27-24-21-18-15-12-9-6-3)69-63(66)57-54-51-48-45-42-39-36-32-29-26-23-20-17-14-11-8-5-2/h17,20,25-29,34,60H,4-16,18-19,21-24,30-33,35-59H2,1-3H3/b20-17-,28-25-,29-26-,34-27-/t60-/m1/s1. The van der Waals surface area contributed by atoms with Crippen LogP contribution in [0.5, 0.6) is 0 Å². The molecule has 0 saturated heterocycles. The fraction of sp³-hybridized carbons (Fsp3) is 0.825. The highest BCUT2D eigenvalue weighted by molar-refractivity contribution is 5.71. The van der Waals surface area contributed by atoms with Crippen LogP contribution >= 0.6 is 0 Å². The lowest BCUT2D eigenvalue weighted by atomic mass is 10.1. The maximum Gasteiger partial charge on any atom is 0.306 e. The van der Waals surface area contributed by atoms with E-state index in [1.165, 1.54) is 199 Å². The van der Waals surface area contributed by atoms with Gasteiger partial charge in [-0.05, 0) is 103 Å². The van der Waals surface area contributed by atoms with Crippen molar-refractivity contribution >= 4 is 17.9 Å². The largest absolute Gasteiger partial charge is 0.462 e. The van der Waals surface area contributed by atoms with Crippen LogP contribution in [-0.4, -0.2) is 37.2 Å². The molecule has 0 fully saturated rings. The molecule has 0 heterocycles. The maximum absolute atomic E-state index is 12.9. The van der Waals surface area contributed by atoms with E-state index in [0.29, 0.717) is 19.3 Å². The van der Waals surface area contributed by atoms with Crippen molar-refractivity contribution < 1.29 is 28.6 Å². The molecule has 0 saturated carbocycles. The SMILES string of the molecule is CCCCC/C=C\C/C=C\CCCCCCCCCC(=O)O[C@H](COC(=O)CCCCCCC/C=C\CCCCCCCC)COC(=O)CCCCCCCCCCC/C=C\CCCCCCCC. The van der Waals surface area contributed by atoms with Gasteiger partial charge in [0.2, 0.25) is 0 Å². The Morgan fingerprint density at radius 3 is 0.841 bits per heavy atom. The first-order valence-corrected chi connectivity index (χ1v) is 30.1. The molecule has 0 amide bonds. The van der Waals surface area contributed by atoms with Gasteiger partial charge in [0.05, 0.1) is 0 Å². The molecule has 402 valence electrons. The van der Waals surface area contributed by atoms with Gasteiger partial charge in [-0.15, -0.1) is 0 Å². The second kappa shape index (κ2) is 57.9. The van der Waals surface area contributed by atoms with Gasteiger partial charge in [0.25, 0.3) is 0 Å². The van der Waals surface area contributed by atoms with E-state index in [2.05, 4.69) is 69.4 Å². The predicted molar refractivity (Wildman–Crippen MR) is 298 cm³/mol. The van der Waals surface area contributed by atoms with Crippen LogP contribution in [0.15, 0.2) is 48.6 Å². The molecule has 0 unspecified atom stereocenters. The summed E-state index contributed by atoms with van der Waals surface area (Å²) in [4.78, 5) is 38.2. The number of hydrogen-bond acceptors (Lipinski definition) is 6. The van der Waals surface area contributed by atoms with Gasteiger partial charge >= 0.3 is 17.9 Å². The fourth-order valence-corrected chi connectivity index (χ4v) is 8.70. The highest BCUT2D eigenvalue weighted by Crippen LogP contribution is 2.16. The van der Waals surface area contributed by atoms with Crippen LogP contribution in [-0.2, 0) is 28.6 Å². The van der Waals surface area contributed by atoms with Crippen LogP contribution in [0.25, 0.3) is 0 Å². The van der Waals surface area contributed by atoms with Crippen LogP contribution in [0.1, 0.15) is 316 Å². The number of ether oxygens (including phenoxy) is 3. The molecule has 0 aliphatic carbocycles. The first kappa shape index (κ1) is 66.4. The lowest BCUT2D eigenvalue weighted by Crippen LogP contribution is -2.30. The Bertz CT molecular complexity index is 1200. The van der Waals surface area contributed by atoms with E-state index in [1.54, 1.807) is 0 Å². The molecule has 6 heteroatoms. The molecule has 0 N–H and O–H groups in total. The normalized spacial score (nSPS) is 12.3. The predicted octanol–water partition coefficient (Wildman–Crippen LogP) is 20.2. The number of esters is 3. The summed E-state index contributed by atoms with van der Waals surface area (Å²) in [5.41, 5.74) is 0. The minimum Gasteiger partial charge on any atom is -0.462 e. The summed E-state index contributed by atoms with van der Waals surface area (Å²) in [5.74, 6) is -0.881. The average Bonchev–Trinajstić information content (AvgIpc) is 3.35. The fourth-order valence-electron chi connectivity index (χ4n) is 8.70. The van der Waals surface area contributed by atoms with Crippen LogP contribution in [0.3, 0.4) is 0 Å². The molecular weight excluding hydrogens is 853 g/mol. The third-order valence-electron chi connectivity index (χ3n) is 13.3. The Kier molecular flexibility index (Phi) is 55.7. The average molecular weight is 968 g/mol. The molecule has 0 aromatic rings. The summed E-state index contributed by atoms with van der Waals surface area (Å²) in [6.07, 6.45) is 71.0. The van der Waals surface area contributed by atoms with Crippen LogP contribution < -0.4 is 0 Å². The Hall–Kier alpha value is -2.63. The molecule has 0 spiro atoms. The summed E-state index contributed by atoms with van der Waals surface area (Å²) < 4.78 is 16.9. The molecular formula is C63H114O6. The topological polar surface area (TPSA) is 78.9 Å². The zero-order chi connectivity index (χ0) is 50.0. The number of allylic oxidation sites excluding steroid dienone is 8. The molecule has 0 radical (unpaired) electrons. The van der Waals surface area contributed by atoms with E-state index >= 15 is 0 Å². The summed E-state index contributed by atoms with van der Waals surface area (Å²) in [5, 5.41) is 0. The number of carbonyl (C=O) groups excluding carboxylic acids is 3. The Labute approximate surface area is 428 Å². The van der Waals surface area contributed by atoms with E-state index in [1.807, 2.05) is 0 Å². The summed E-state index contributed by atoms with van der Waals surface area (Å²) in [6.45, 7) is 6.63. The van der Waals surface area contributed by atoms with Crippen molar-refractivity contribution in [2.45, 2.75) is 322 Å². The minimum atomic E-state index is -0.781. The van der Waals surface area contributed by atoms with Gasteiger partial charge in [0.1, 0.15) is 13.2 Å². The number of rotatable bonds is 55. The van der Waals surface area contributed by atoms with Gasteiger partial charge in [-0.3, -0.25) is 14.4 Å². The number of unbranched alkanes of at least 4 members (excludes halogenated alkanes) is 36. The number of carbonyl (C=O) groups is 3. The first-order chi connectivity index (χ1) is 34.0. The Morgan fingerprint density at radius 2 is 0.522 bits per heavy atom. The molecule has 0 rings (SSSR count). The van der Waals surface area contributed by atoms with Crippen molar-refractivity contribution in [2.24, 2.45) is 0 Å². The number of hydrogen-bond donors (Lipinski definition) is 0. The van der Waals surface area contributed by atoms with Gasteiger partial charge in [-0.1, -0.05) is 243 Å². The zero-order valence-electron chi connectivity index (χ0n) is 46.1. The van der Waals surface area contributed by atoms with Crippen LogP contribution in [0, 0.1) is 0 Å². The van der Waals surface area contributed by atoms with Gasteiger partial charge in [-0.2, -0.15) is 0 Å². The highest BCUT2D eigenvalue weighted by Gasteiger charge is 2.19. The van der Waals surface area contributed by atoms with E-state index in [-0.39, 0.29) is 31.1 Å². The lowest BCUT2D eigenvalue weighted by Gasteiger charge is -2.18. The van der Waals surface area contributed by atoms with Crippen LogP contribution in [0.2, 0.25) is 0 Å².